The summed E-state index contributed by atoms with van der Waals surface area (Å²) in [5.74, 6) is -1.70. The zero-order chi connectivity index (χ0) is 31.9. The van der Waals surface area contributed by atoms with Crippen molar-refractivity contribution in [3.05, 3.63) is 107 Å². The molecule has 1 aliphatic rings. The summed E-state index contributed by atoms with van der Waals surface area (Å²) in [4.78, 5) is 54.4. The van der Waals surface area contributed by atoms with Gasteiger partial charge in [-0.25, -0.2) is 0 Å². The number of hydrogen-bond acceptors (Lipinski definition) is 6. The highest BCUT2D eigenvalue weighted by Crippen LogP contribution is 2.40. The molecule has 44 heavy (non-hydrogen) atoms. The van der Waals surface area contributed by atoms with Crippen LogP contribution in [0.25, 0.3) is 0 Å². The molecule has 9 nitrogen and oxygen atoms in total. The Morgan fingerprint density at radius 3 is 2.23 bits per heavy atom. The summed E-state index contributed by atoms with van der Waals surface area (Å²) in [5, 5.41) is 19.8. The molecule has 0 saturated carbocycles. The van der Waals surface area contributed by atoms with Gasteiger partial charge in [0.15, 0.2) is 6.10 Å². The average molecular weight is 617 g/mol. The smallest absolute Gasteiger partial charge is 0.254 e. The summed E-state index contributed by atoms with van der Waals surface area (Å²) >= 11 is 1.45. The molecule has 10 heteroatoms. The van der Waals surface area contributed by atoms with Crippen LogP contribution < -0.4 is 16.0 Å². The molecule has 0 aromatic heterocycles. The lowest BCUT2D eigenvalue weighted by Gasteiger charge is -2.33. The molecule has 1 heterocycles. The maximum atomic E-state index is 13.8. The lowest BCUT2D eigenvalue weighted by molar-refractivity contribution is -0.147. The van der Waals surface area contributed by atoms with Gasteiger partial charge in [0, 0.05) is 16.9 Å². The predicted molar refractivity (Wildman–Crippen MR) is 172 cm³/mol. The minimum Gasteiger partial charge on any atom is -0.381 e. The Labute approximate surface area is 262 Å². The van der Waals surface area contributed by atoms with E-state index in [0.717, 1.165) is 22.3 Å². The number of benzene rings is 3. The van der Waals surface area contributed by atoms with Crippen LogP contribution >= 0.6 is 11.8 Å². The third-order valence-electron chi connectivity index (χ3n) is 7.87. The standard InChI is InChI=1S/C34H40N4O5S/c1-22-12-8-10-16-25(22)19-35-32(42)30-34(3,4)44-21-38(30)33(43)29(40)27(18-24-14-6-5-7-15-24)37-28(39)20-36-31(41)26-17-11-9-13-23(26)2/h5-17,27,29-30,40H,18-21H2,1-4H3,(H,35,42)(H,36,41)(H,37,39). The Morgan fingerprint density at radius 2 is 1.55 bits per heavy atom. The molecule has 0 radical (unpaired) electrons. The van der Waals surface area contributed by atoms with Crippen molar-refractivity contribution in [1.82, 2.24) is 20.9 Å². The van der Waals surface area contributed by atoms with E-state index >= 15 is 0 Å². The van der Waals surface area contributed by atoms with E-state index in [1.807, 2.05) is 81.4 Å². The van der Waals surface area contributed by atoms with Crippen LogP contribution in [0.1, 0.15) is 46.5 Å². The number of aliphatic hydroxyl groups excluding tert-OH is 1. The Hall–Kier alpha value is -4.15. The molecule has 4 rings (SSSR count). The summed E-state index contributed by atoms with van der Waals surface area (Å²) < 4.78 is -0.608. The molecule has 1 fully saturated rings. The van der Waals surface area contributed by atoms with Crippen LogP contribution in [0.2, 0.25) is 0 Å². The number of amides is 4. The van der Waals surface area contributed by atoms with Crippen LogP contribution in [0.3, 0.4) is 0 Å². The van der Waals surface area contributed by atoms with E-state index in [1.165, 1.54) is 16.7 Å². The van der Waals surface area contributed by atoms with E-state index < -0.39 is 40.7 Å². The van der Waals surface area contributed by atoms with Crippen molar-refractivity contribution >= 4 is 35.4 Å². The summed E-state index contributed by atoms with van der Waals surface area (Å²) in [5.41, 5.74) is 4.06. The van der Waals surface area contributed by atoms with Crippen molar-refractivity contribution in [3.63, 3.8) is 0 Å². The van der Waals surface area contributed by atoms with E-state index in [4.69, 9.17) is 0 Å². The third-order valence-corrected chi connectivity index (χ3v) is 9.24. The highest BCUT2D eigenvalue weighted by atomic mass is 32.2. The molecule has 1 saturated heterocycles. The van der Waals surface area contributed by atoms with Crippen LogP contribution in [0, 0.1) is 13.8 Å². The van der Waals surface area contributed by atoms with Gasteiger partial charge in [0.2, 0.25) is 11.8 Å². The average Bonchev–Trinajstić information content (AvgIpc) is 3.33. The Bertz CT molecular complexity index is 1500. The number of aliphatic hydroxyl groups is 1. The van der Waals surface area contributed by atoms with E-state index in [-0.39, 0.29) is 24.7 Å². The molecule has 0 spiro atoms. The molecule has 3 aromatic carbocycles. The van der Waals surface area contributed by atoms with Gasteiger partial charge < -0.3 is 26.0 Å². The second kappa shape index (κ2) is 14.5. The molecule has 0 aliphatic carbocycles. The Balaban J connectivity index is 1.47. The fourth-order valence-electron chi connectivity index (χ4n) is 5.29. The minimum absolute atomic E-state index is 0.166. The van der Waals surface area contributed by atoms with Crippen LogP contribution in [-0.4, -0.2) is 69.0 Å². The molecule has 4 N–H and O–H groups in total. The first kappa shape index (κ1) is 32.8. The van der Waals surface area contributed by atoms with E-state index in [1.54, 1.807) is 25.1 Å². The van der Waals surface area contributed by atoms with Crippen molar-refractivity contribution in [3.8, 4) is 0 Å². The normalized spacial score (nSPS) is 16.9. The number of nitrogens with zero attached hydrogens (tertiary/aromatic N) is 1. The lowest BCUT2D eigenvalue weighted by Crippen LogP contribution is -2.59. The van der Waals surface area contributed by atoms with Gasteiger partial charge in [0.25, 0.3) is 11.8 Å². The number of carbonyl (C=O) groups excluding carboxylic acids is 4. The summed E-state index contributed by atoms with van der Waals surface area (Å²) in [7, 11) is 0. The topological polar surface area (TPSA) is 128 Å². The highest BCUT2D eigenvalue weighted by molar-refractivity contribution is 8.00. The fourth-order valence-corrected chi connectivity index (χ4v) is 6.43. The zero-order valence-electron chi connectivity index (χ0n) is 25.5. The molecule has 3 unspecified atom stereocenters. The molecule has 3 atom stereocenters. The largest absolute Gasteiger partial charge is 0.381 e. The molecule has 4 amide bonds. The number of hydrogen-bond donors (Lipinski definition) is 4. The number of carbonyl (C=O) groups is 4. The van der Waals surface area contributed by atoms with Gasteiger partial charge in [-0.3, -0.25) is 19.2 Å². The van der Waals surface area contributed by atoms with Crippen molar-refractivity contribution < 1.29 is 24.3 Å². The van der Waals surface area contributed by atoms with E-state index in [0.29, 0.717) is 12.1 Å². The summed E-state index contributed by atoms with van der Waals surface area (Å²) in [6.07, 6.45) is -1.47. The third kappa shape index (κ3) is 8.06. The van der Waals surface area contributed by atoms with Gasteiger partial charge in [-0.05, 0) is 62.4 Å². The lowest BCUT2D eigenvalue weighted by atomic mass is 9.97. The molecular weight excluding hydrogens is 576 g/mol. The minimum atomic E-state index is -1.63. The van der Waals surface area contributed by atoms with Crippen molar-refractivity contribution in [2.75, 3.05) is 12.4 Å². The maximum absolute atomic E-state index is 13.8. The maximum Gasteiger partial charge on any atom is 0.254 e. The van der Waals surface area contributed by atoms with E-state index in [2.05, 4.69) is 16.0 Å². The van der Waals surface area contributed by atoms with Gasteiger partial charge in [0.1, 0.15) is 6.04 Å². The van der Waals surface area contributed by atoms with Gasteiger partial charge in [-0.1, -0.05) is 72.8 Å². The van der Waals surface area contributed by atoms with Gasteiger partial charge in [-0.2, -0.15) is 0 Å². The summed E-state index contributed by atoms with van der Waals surface area (Å²) in [6, 6.07) is 22.2. The van der Waals surface area contributed by atoms with Gasteiger partial charge >= 0.3 is 0 Å². The zero-order valence-corrected chi connectivity index (χ0v) is 26.3. The monoisotopic (exact) mass is 616 g/mol. The molecule has 0 bridgehead atoms. The number of rotatable bonds is 11. The number of nitrogens with one attached hydrogen (secondary N) is 3. The first-order valence-electron chi connectivity index (χ1n) is 14.6. The summed E-state index contributed by atoms with van der Waals surface area (Å²) in [6.45, 7) is 7.55. The van der Waals surface area contributed by atoms with E-state index in [9.17, 15) is 24.3 Å². The molecule has 232 valence electrons. The van der Waals surface area contributed by atoms with Crippen LogP contribution in [0.15, 0.2) is 78.9 Å². The predicted octanol–water partition coefficient (Wildman–Crippen LogP) is 3.12. The van der Waals surface area contributed by atoms with Crippen molar-refractivity contribution in [2.45, 2.75) is 63.6 Å². The first-order valence-corrected chi connectivity index (χ1v) is 15.6. The Morgan fingerprint density at radius 1 is 0.909 bits per heavy atom. The number of aryl methyl sites for hydroxylation is 2. The first-order chi connectivity index (χ1) is 21.0. The fraction of sp³-hybridized carbons (Fsp3) is 0.353. The molecular formula is C34H40N4O5S. The van der Waals surface area contributed by atoms with Crippen LogP contribution in [0.5, 0.6) is 0 Å². The SMILES string of the molecule is Cc1ccccc1CNC(=O)C1N(C(=O)C(O)C(Cc2ccccc2)NC(=O)CNC(=O)c2ccccc2C)CSC1(C)C. The Kier molecular flexibility index (Phi) is 10.8. The molecule has 3 aromatic rings. The highest BCUT2D eigenvalue weighted by Gasteiger charge is 2.49. The van der Waals surface area contributed by atoms with Crippen molar-refractivity contribution in [2.24, 2.45) is 0 Å². The van der Waals surface area contributed by atoms with Crippen molar-refractivity contribution in [1.29, 1.82) is 0 Å². The van der Waals surface area contributed by atoms with Gasteiger partial charge in [0.05, 0.1) is 18.5 Å². The van der Waals surface area contributed by atoms with Gasteiger partial charge in [-0.15, -0.1) is 11.8 Å². The van der Waals surface area contributed by atoms with Crippen LogP contribution in [0.4, 0.5) is 0 Å². The molecule has 1 aliphatic heterocycles. The second-order valence-corrected chi connectivity index (χ2v) is 13.1. The quantitative estimate of drug-likeness (QED) is 0.262. The number of thioether (sulfide) groups is 1. The van der Waals surface area contributed by atoms with Crippen LogP contribution in [-0.2, 0) is 27.3 Å². The second-order valence-electron chi connectivity index (χ2n) is 11.5.